The average molecular weight is 341 g/mol. The van der Waals surface area contributed by atoms with Crippen molar-refractivity contribution < 1.29 is 9.90 Å². The van der Waals surface area contributed by atoms with E-state index in [0.717, 1.165) is 4.88 Å². The number of hydrogen-bond donors (Lipinski definition) is 1. The first kappa shape index (κ1) is 14.7. The number of hydrogen-bond acceptors (Lipinski definition) is 3. The van der Waals surface area contributed by atoms with Gasteiger partial charge in [-0.3, -0.25) is 4.79 Å². The van der Waals surface area contributed by atoms with Crippen molar-refractivity contribution in [1.29, 1.82) is 0 Å². The molecule has 0 saturated heterocycles. The van der Waals surface area contributed by atoms with E-state index in [1.807, 2.05) is 19.1 Å². The Morgan fingerprint density at radius 2 is 2.37 bits per heavy atom. The fourth-order valence-corrected chi connectivity index (χ4v) is 3.81. The van der Waals surface area contributed by atoms with Crippen LogP contribution in [0.2, 0.25) is 0 Å². The van der Waals surface area contributed by atoms with Gasteiger partial charge in [-0.1, -0.05) is 22.9 Å². The van der Waals surface area contributed by atoms with Gasteiger partial charge in [-0.25, -0.2) is 0 Å². The molecule has 0 fully saturated rings. The van der Waals surface area contributed by atoms with Crippen LogP contribution in [0.1, 0.15) is 41.2 Å². The molecule has 0 aromatic carbocycles. The Morgan fingerprint density at radius 1 is 1.63 bits per heavy atom. The molecule has 1 N–H and O–H groups in total. The van der Waals surface area contributed by atoms with E-state index < -0.39 is 5.60 Å². The van der Waals surface area contributed by atoms with E-state index in [1.54, 1.807) is 6.07 Å². The Bertz CT molecular complexity index is 554. The molecule has 4 heteroatoms. The van der Waals surface area contributed by atoms with Crippen LogP contribution in [0.25, 0.3) is 0 Å². The fraction of sp³-hybridized carbons (Fsp3) is 0.467. The summed E-state index contributed by atoms with van der Waals surface area (Å²) in [5.74, 6) is 0.354. The first-order valence-electron chi connectivity index (χ1n) is 6.30. The zero-order valence-corrected chi connectivity index (χ0v) is 13.5. The number of halogens is 1. The maximum Gasteiger partial charge on any atom is 0.183 e. The Balaban J connectivity index is 2.28. The standard InChI is InChI=1S/C15H17BrO2S/c1-10-4-3-7-15(18,8-11(10)2)14-6-5-13(19-14)12(17)9-16/h3,5-6,11,18H,7-9H2,1-2H3. The van der Waals surface area contributed by atoms with E-state index >= 15 is 0 Å². The van der Waals surface area contributed by atoms with E-state index in [2.05, 4.69) is 28.6 Å². The van der Waals surface area contributed by atoms with Gasteiger partial charge in [0.2, 0.25) is 0 Å². The zero-order valence-electron chi connectivity index (χ0n) is 11.1. The second-order valence-corrected chi connectivity index (χ2v) is 6.74. The van der Waals surface area contributed by atoms with Gasteiger partial charge < -0.3 is 5.11 Å². The molecular weight excluding hydrogens is 324 g/mol. The van der Waals surface area contributed by atoms with Gasteiger partial charge in [-0.15, -0.1) is 17.1 Å². The topological polar surface area (TPSA) is 37.3 Å². The molecule has 0 radical (unpaired) electrons. The van der Waals surface area contributed by atoms with Crippen LogP contribution in [-0.2, 0) is 5.60 Å². The minimum absolute atomic E-state index is 0.0615. The maximum absolute atomic E-state index is 11.7. The number of rotatable bonds is 3. The highest BCUT2D eigenvalue weighted by atomic mass is 79.9. The molecule has 2 rings (SSSR count). The molecule has 0 aliphatic heterocycles. The van der Waals surface area contributed by atoms with Crippen molar-refractivity contribution in [2.24, 2.45) is 5.92 Å². The molecular formula is C15H17BrO2S. The molecule has 19 heavy (non-hydrogen) atoms. The summed E-state index contributed by atoms with van der Waals surface area (Å²) in [5.41, 5.74) is 3.52. The third-order valence-corrected chi connectivity index (χ3v) is 5.44. The van der Waals surface area contributed by atoms with Gasteiger partial charge in [0.25, 0.3) is 0 Å². The van der Waals surface area contributed by atoms with Crippen LogP contribution < -0.4 is 0 Å². The summed E-state index contributed by atoms with van der Waals surface area (Å²) in [6.07, 6.45) is 3.13. The van der Waals surface area contributed by atoms with Crippen molar-refractivity contribution in [3.05, 3.63) is 39.3 Å². The van der Waals surface area contributed by atoms with Gasteiger partial charge >= 0.3 is 0 Å². The van der Waals surface area contributed by atoms with E-state index in [-0.39, 0.29) is 5.78 Å². The largest absolute Gasteiger partial charge is 0.384 e. The van der Waals surface area contributed by atoms with Gasteiger partial charge in [0, 0.05) is 11.3 Å². The Labute approximate surface area is 126 Å². The molecule has 102 valence electrons. The number of aliphatic hydroxyl groups is 1. The molecule has 0 spiro atoms. The quantitative estimate of drug-likeness (QED) is 0.512. The van der Waals surface area contributed by atoms with Gasteiger partial charge in [-0.2, -0.15) is 0 Å². The smallest absolute Gasteiger partial charge is 0.183 e. The van der Waals surface area contributed by atoms with Crippen LogP contribution in [0.5, 0.6) is 0 Å². The molecule has 1 aliphatic rings. The third kappa shape index (κ3) is 3.09. The number of carbonyl (C=O) groups is 1. The van der Waals surface area contributed by atoms with Crippen molar-refractivity contribution in [3.63, 3.8) is 0 Å². The van der Waals surface area contributed by atoms with E-state index in [9.17, 15) is 9.90 Å². The number of alkyl halides is 1. The number of thiophene rings is 1. The summed E-state index contributed by atoms with van der Waals surface area (Å²) in [6.45, 7) is 4.14. The highest BCUT2D eigenvalue weighted by Crippen LogP contribution is 2.39. The van der Waals surface area contributed by atoms with E-state index in [1.165, 1.54) is 16.9 Å². The van der Waals surface area contributed by atoms with Gasteiger partial charge in [-0.05, 0) is 43.0 Å². The van der Waals surface area contributed by atoms with Gasteiger partial charge in [0.05, 0.1) is 10.2 Å². The maximum atomic E-state index is 11.7. The number of Topliss-reactive ketones (excluding diaryl/α,β-unsaturated/α-hetero) is 1. The second kappa shape index (κ2) is 5.76. The lowest BCUT2D eigenvalue weighted by Gasteiger charge is -2.27. The highest BCUT2D eigenvalue weighted by molar-refractivity contribution is 9.09. The molecule has 0 bridgehead atoms. The Morgan fingerprint density at radius 3 is 3.05 bits per heavy atom. The fourth-order valence-electron chi connectivity index (χ4n) is 2.27. The molecule has 2 unspecified atom stereocenters. The second-order valence-electron chi connectivity index (χ2n) is 5.09. The molecule has 2 atom stereocenters. The Hall–Kier alpha value is -0.670. The summed E-state index contributed by atoms with van der Waals surface area (Å²) in [7, 11) is 0. The van der Waals surface area contributed by atoms with Gasteiger partial charge in [0.1, 0.15) is 5.60 Å². The predicted molar refractivity (Wildman–Crippen MR) is 82.0 cm³/mol. The van der Waals surface area contributed by atoms with Crippen molar-refractivity contribution in [2.75, 3.05) is 5.33 Å². The van der Waals surface area contributed by atoms with Crippen LogP contribution in [0.15, 0.2) is 29.5 Å². The average Bonchev–Trinajstić information content (AvgIpc) is 2.83. The first-order valence-corrected chi connectivity index (χ1v) is 8.23. The minimum atomic E-state index is -0.875. The predicted octanol–water partition coefficient (Wildman–Crippen LogP) is 4.04. The molecule has 1 heterocycles. The summed E-state index contributed by atoms with van der Waals surface area (Å²) in [4.78, 5) is 13.2. The molecule has 0 amide bonds. The normalized spacial score (nSPS) is 26.9. The minimum Gasteiger partial charge on any atom is -0.384 e. The SMILES string of the molecule is CC1=C=CCC(O)(c2ccc(C(=O)CBr)s2)CC1C. The molecule has 0 saturated carbocycles. The highest BCUT2D eigenvalue weighted by Gasteiger charge is 2.33. The van der Waals surface area contributed by atoms with Crippen molar-refractivity contribution >= 4 is 33.0 Å². The zero-order chi connectivity index (χ0) is 14.0. The lowest BCUT2D eigenvalue weighted by molar-refractivity contribution is 0.0250. The van der Waals surface area contributed by atoms with Crippen molar-refractivity contribution in [2.45, 2.75) is 32.3 Å². The summed E-state index contributed by atoms with van der Waals surface area (Å²) in [5, 5.41) is 11.2. The summed E-state index contributed by atoms with van der Waals surface area (Å²) >= 11 is 4.57. The van der Waals surface area contributed by atoms with E-state index in [4.69, 9.17) is 0 Å². The van der Waals surface area contributed by atoms with Gasteiger partial charge in [0.15, 0.2) is 5.78 Å². The van der Waals surface area contributed by atoms with Crippen LogP contribution in [-0.4, -0.2) is 16.2 Å². The lowest BCUT2D eigenvalue weighted by atomic mass is 9.86. The molecule has 1 aromatic rings. The summed E-state index contributed by atoms with van der Waals surface area (Å²) in [6, 6.07) is 3.68. The van der Waals surface area contributed by atoms with E-state index in [0.29, 0.717) is 29.0 Å². The molecule has 1 aliphatic carbocycles. The summed E-state index contributed by atoms with van der Waals surface area (Å²) < 4.78 is 0. The van der Waals surface area contributed by atoms with Crippen molar-refractivity contribution in [1.82, 2.24) is 0 Å². The first-order chi connectivity index (χ1) is 8.96. The Kier molecular flexibility index (Phi) is 4.46. The number of carbonyl (C=O) groups excluding carboxylic acids is 1. The van der Waals surface area contributed by atoms with Crippen molar-refractivity contribution in [3.8, 4) is 0 Å². The number of ketones is 1. The van der Waals surface area contributed by atoms with Crippen LogP contribution in [0.4, 0.5) is 0 Å². The van der Waals surface area contributed by atoms with Crippen LogP contribution in [0.3, 0.4) is 0 Å². The molecule has 2 nitrogen and oxygen atoms in total. The third-order valence-electron chi connectivity index (χ3n) is 3.61. The lowest BCUT2D eigenvalue weighted by Crippen LogP contribution is -2.26. The van der Waals surface area contributed by atoms with Crippen LogP contribution in [0, 0.1) is 5.92 Å². The monoisotopic (exact) mass is 340 g/mol. The van der Waals surface area contributed by atoms with Crippen LogP contribution >= 0.6 is 27.3 Å². The molecule has 1 aromatic heterocycles.